The number of anilines is 1. The number of para-hydroxylation sites is 2. The summed E-state index contributed by atoms with van der Waals surface area (Å²) in [7, 11) is 0. The van der Waals surface area contributed by atoms with Crippen LogP contribution >= 0.6 is 11.6 Å². The van der Waals surface area contributed by atoms with Gasteiger partial charge in [0.2, 0.25) is 0 Å². The summed E-state index contributed by atoms with van der Waals surface area (Å²) < 4.78 is 0. The summed E-state index contributed by atoms with van der Waals surface area (Å²) in [6, 6.07) is 9.50. The lowest BCUT2D eigenvalue weighted by atomic mass is 10.2. The number of amides is 1. The summed E-state index contributed by atoms with van der Waals surface area (Å²) in [6.07, 6.45) is 1.50. The Labute approximate surface area is 131 Å². The lowest BCUT2D eigenvalue weighted by Gasteiger charge is -2.08. The van der Waals surface area contributed by atoms with Crippen LogP contribution in [0.3, 0.4) is 0 Å². The van der Waals surface area contributed by atoms with E-state index in [1.807, 2.05) is 0 Å². The van der Waals surface area contributed by atoms with Crippen molar-refractivity contribution in [3.63, 3.8) is 0 Å². The number of carbonyl (C=O) groups is 1. The number of halogens is 1. The van der Waals surface area contributed by atoms with Crippen LogP contribution in [0.25, 0.3) is 0 Å². The summed E-state index contributed by atoms with van der Waals surface area (Å²) in [5, 5.41) is 16.6. The van der Waals surface area contributed by atoms with E-state index in [1.165, 1.54) is 12.3 Å². The molecule has 1 heterocycles. The normalized spacial score (nSPS) is 10.0. The van der Waals surface area contributed by atoms with Crippen LogP contribution in [0.4, 0.5) is 11.4 Å². The first-order chi connectivity index (χ1) is 10.6. The molecule has 114 valence electrons. The summed E-state index contributed by atoms with van der Waals surface area (Å²) in [6.45, 7) is 0.630. The van der Waals surface area contributed by atoms with Crippen LogP contribution in [-0.2, 0) is 0 Å². The second-order valence-corrected chi connectivity index (χ2v) is 4.66. The molecule has 0 spiro atoms. The van der Waals surface area contributed by atoms with Gasteiger partial charge in [0, 0.05) is 25.4 Å². The number of nitrogens with one attached hydrogen (secondary N) is 2. The van der Waals surface area contributed by atoms with Gasteiger partial charge in [-0.3, -0.25) is 14.9 Å². The van der Waals surface area contributed by atoms with Gasteiger partial charge in [0.05, 0.1) is 10.5 Å². The van der Waals surface area contributed by atoms with Crippen LogP contribution < -0.4 is 10.6 Å². The van der Waals surface area contributed by atoms with Crippen molar-refractivity contribution in [1.82, 2.24) is 10.3 Å². The molecule has 2 rings (SSSR count). The second-order valence-electron chi connectivity index (χ2n) is 4.30. The van der Waals surface area contributed by atoms with E-state index in [-0.39, 0.29) is 28.9 Å². The van der Waals surface area contributed by atoms with Gasteiger partial charge in [-0.05, 0) is 18.2 Å². The molecule has 0 saturated carbocycles. The summed E-state index contributed by atoms with van der Waals surface area (Å²) >= 11 is 5.82. The average molecular weight is 321 g/mol. The number of carbonyl (C=O) groups excluding carboxylic acids is 1. The Morgan fingerprint density at radius 3 is 2.73 bits per heavy atom. The molecule has 0 aliphatic rings. The van der Waals surface area contributed by atoms with Crippen molar-refractivity contribution in [1.29, 1.82) is 0 Å². The van der Waals surface area contributed by atoms with Crippen molar-refractivity contribution >= 4 is 28.9 Å². The highest BCUT2D eigenvalue weighted by atomic mass is 35.5. The molecule has 0 radical (unpaired) electrons. The third-order valence-corrected chi connectivity index (χ3v) is 3.13. The van der Waals surface area contributed by atoms with Crippen molar-refractivity contribution in [3.8, 4) is 0 Å². The highest BCUT2D eigenvalue weighted by Gasteiger charge is 2.12. The van der Waals surface area contributed by atoms with Crippen molar-refractivity contribution in [3.05, 3.63) is 63.4 Å². The van der Waals surface area contributed by atoms with E-state index in [9.17, 15) is 14.9 Å². The van der Waals surface area contributed by atoms with Crippen LogP contribution in [-0.4, -0.2) is 28.9 Å². The van der Waals surface area contributed by atoms with Gasteiger partial charge in [0.15, 0.2) is 0 Å². The minimum atomic E-state index is -0.462. The van der Waals surface area contributed by atoms with Gasteiger partial charge in [0.1, 0.15) is 10.8 Å². The van der Waals surface area contributed by atoms with E-state index in [2.05, 4.69) is 15.6 Å². The lowest BCUT2D eigenvalue weighted by Crippen LogP contribution is -2.29. The first-order valence-corrected chi connectivity index (χ1v) is 6.83. The topological polar surface area (TPSA) is 97.2 Å². The largest absolute Gasteiger partial charge is 0.378 e. The smallest absolute Gasteiger partial charge is 0.292 e. The molecule has 0 aliphatic carbocycles. The Balaban J connectivity index is 1.87. The molecule has 0 bridgehead atoms. The van der Waals surface area contributed by atoms with Crippen LogP contribution in [0.15, 0.2) is 42.6 Å². The van der Waals surface area contributed by atoms with Gasteiger partial charge in [-0.1, -0.05) is 23.7 Å². The Kier molecular flexibility index (Phi) is 5.26. The molecular weight excluding hydrogens is 308 g/mol. The number of benzene rings is 1. The van der Waals surface area contributed by atoms with Crippen LogP contribution in [0.2, 0.25) is 5.15 Å². The molecule has 1 amide bonds. The summed E-state index contributed by atoms with van der Waals surface area (Å²) in [5.74, 6) is -0.345. The highest BCUT2D eigenvalue weighted by molar-refractivity contribution is 6.32. The highest BCUT2D eigenvalue weighted by Crippen LogP contribution is 2.22. The molecular formula is C14H13ClN4O3. The number of hydrogen-bond donors (Lipinski definition) is 2. The molecule has 7 nitrogen and oxygen atoms in total. The molecule has 0 saturated heterocycles. The molecule has 0 atom stereocenters. The molecule has 8 heteroatoms. The van der Waals surface area contributed by atoms with Gasteiger partial charge in [0.25, 0.3) is 11.6 Å². The van der Waals surface area contributed by atoms with Gasteiger partial charge >= 0.3 is 0 Å². The molecule has 22 heavy (non-hydrogen) atoms. The number of pyridine rings is 1. The number of nitrogens with zero attached hydrogens (tertiary/aromatic N) is 2. The molecule has 0 unspecified atom stereocenters. The third kappa shape index (κ3) is 3.92. The van der Waals surface area contributed by atoms with E-state index in [0.717, 1.165) is 0 Å². The first kappa shape index (κ1) is 15.7. The fraction of sp³-hybridized carbons (Fsp3) is 0.143. The Bertz CT molecular complexity index is 693. The van der Waals surface area contributed by atoms with E-state index in [0.29, 0.717) is 12.2 Å². The maximum Gasteiger partial charge on any atom is 0.292 e. The zero-order valence-electron chi connectivity index (χ0n) is 11.5. The second kappa shape index (κ2) is 7.37. The predicted molar refractivity (Wildman–Crippen MR) is 83.2 cm³/mol. The lowest BCUT2D eigenvalue weighted by molar-refractivity contribution is -0.384. The number of rotatable bonds is 6. The zero-order valence-corrected chi connectivity index (χ0v) is 12.2. The van der Waals surface area contributed by atoms with E-state index in [4.69, 9.17) is 11.6 Å². The SMILES string of the molecule is O=C(NCCNc1ccccc1[N+](=O)[O-])c1cccnc1Cl. The minimum absolute atomic E-state index is 0.0101. The Hall–Kier alpha value is -2.67. The number of nitro benzene ring substituents is 1. The van der Waals surface area contributed by atoms with Crippen molar-refractivity contribution in [2.24, 2.45) is 0 Å². The molecule has 1 aromatic carbocycles. The van der Waals surface area contributed by atoms with Crippen molar-refractivity contribution < 1.29 is 9.72 Å². The molecule has 2 N–H and O–H groups in total. The maximum absolute atomic E-state index is 11.9. The van der Waals surface area contributed by atoms with E-state index >= 15 is 0 Å². The fourth-order valence-corrected chi connectivity index (χ4v) is 2.01. The van der Waals surface area contributed by atoms with Gasteiger partial charge < -0.3 is 10.6 Å². The predicted octanol–water partition coefficient (Wildman–Crippen LogP) is 2.49. The number of hydrogen-bond acceptors (Lipinski definition) is 5. The summed E-state index contributed by atoms with van der Waals surface area (Å²) in [4.78, 5) is 26.1. The van der Waals surface area contributed by atoms with E-state index in [1.54, 1.807) is 30.3 Å². The van der Waals surface area contributed by atoms with Gasteiger partial charge in [-0.2, -0.15) is 0 Å². The molecule has 0 aliphatic heterocycles. The minimum Gasteiger partial charge on any atom is -0.378 e. The maximum atomic E-state index is 11.9. The monoisotopic (exact) mass is 320 g/mol. The first-order valence-electron chi connectivity index (χ1n) is 6.45. The number of aromatic nitrogens is 1. The standard InChI is InChI=1S/C14H13ClN4O3/c15-13-10(4-3-7-17-13)14(20)18-9-8-16-11-5-1-2-6-12(11)19(21)22/h1-7,16H,8-9H2,(H,18,20). The van der Waals surface area contributed by atoms with Crippen molar-refractivity contribution in [2.75, 3.05) is 18.4 Å². The Morgan fingerprint density at radius 1 is 1.23 bits per heavy atom. The zero-order chi connectivity index (χ0) is 15.9. The quantitative estimate of drug-likeness (QED) is 0.369. The molecule has 1 aromatic heterocycles. The average Bonchev–Trinajstić information content (AvgIpc) is 2.52. The number of nitro groups is 1. The van der Waals surface area contributed by atoms with Crippen LogP contribution in [0.1, 0.15) is 10.4 Å². The van der Waals surface area contributed by atoms with Gasteiger partial charge in [-0.15, -0.1) is 0 Å². The molecule has 2 aromatic rings. The van der Waals surface area contributed by atoms with Crippen LogP contribution in [0, 0.1) is 10.1 Å². The fourth-order valence-electron chi connectivity index (χ4n) is 1.81. The Morgan fingerprint density at radius 2 is 2.00 bits per heavy atom. The van der Waals surface area contributed by atoms with Gasteiger partial charge in [-0.25, -0.2) is 4.98 Å². The van der Waals surface area contributed by atoms with Crippen molar-refractivity contribution in [2.45, 2.75) is 0 Å². The molecule has 0 fully saturated rings. The summed E-state index contributed by atoms with van der Waals surface area (Å²) in [5.41, 5.74) is 0.681. The van der Waals surface area contributed by atoms with E-state index < -0.39 is 4.92 Å². The third-order valence-electron chi connectivity index (χ3n) is 2.83. The van der Waals surface area contributed by atoms with Crippen LogP contribution in [0.5, 0.6) is 0 Å².